The summed E-state index contributed by atoms with van der Waals surface area (Å²) in [6.07, 6.45) is 9.26. The van der Waals surface area contributed by atoms with E-state index in [1.54, 1.807) is 36.5 Å². The van der Waals surface area contributed by atoms with Crippen molar-refractivity contribution in [3.63, 3.8) is 0 Å². The minimum Gasteiger partial charge on any atom is -0.370 e. The Hall–Kier alpha value is -6.02. The maximum atomic E-state index is 14.6. The number of nitrogens with zero attached hydrogens (tertiary/aromatic N) is 1. The number of guanidine groups is 1. The number of benzene rings is 2. The zero-order chi connectivity index (χ0) is 47.2. The number of fused-ring (bicyclic) bond motifs is 2. The maximum absolute atomic E-state index is 14.6. The van der Waals surface area contributed by atoms with Gasteiger partial charge in [0.15, 0.2) is 5.96 Å². The molecule has 11 N–H and O–H groups in total. The molecule has 0 spiro atoms. The molecule has 3 heterocycles. The molecule has 0 bridgehead atoms. The van der Waals surface area contributed by atoms with Crippen LogP contribution in [0.2, 0.25) is 0 Å². The molecule has 1 aliphatic carbocycles. The number of nitrogens with one attached hydrogen (secondary N) is 9. The number of para-hydroxylation sites is 1. The summed E-state index contributed by atoms with van der Waals surface area (Å²) in [6.45, 7) is 0.461. The van der Waals surface area contributed by atoms with Crippen LogP contribution in [0.3, 0.4) is 0 Å². The molecule has 3 aliphatic rings. The molecular weight excluding hydrogens is 867 g/mol. The molecule has 6 rings (SSSR count). The average molecular weight is 932 g/mol. The van der Waals surface area contributed by atoms with E-state index in [9.17, 15) is 37.2 Å². The minimum absolute atomic E-state index is 0.00554. The molecule has 2 aliphatic heterocycles. The molecule has 3 aromatic rings. The van der Waals surface area contributed by atoms with Gasteiger partial charge in [-0.05, 0) is 74.5 Å². The number of aromatic amines is 1. The lowest BCUT2D eigenvalue weighted by Gasteiger charge is -2.32. The average Bonchev–Trinajstić information content (AvgIpc) is 3.95. The zero-order valence-corrected chi connectivity index (χ0v) is 38.4. The molecule has 3 fully saturated rings. The quantitative estimate of drug-likeness (QED) is 0.0621. The fourth-order valence-electron chi connectivity index (χ4n) is 9.30. The molecule has 2 saturated heterocycles. The van der Waals surface area contributed by atoms with Gasteiger partial charge in [-0.2, -0.15) is 0 Å². The summed E-state index contributed by atoms with van der Waals surface area (Å²) in [5.74, 6) is -3.68. The van der Waals surface area contributed by atoms with Gasteiger partial charge in [0, 0.05) is 43.2 Å². The molecule has 6 amide bonds. The van der Waals surface area contributed by atoms with Gasteiger partial charge in [-0.3, -0.25) is 34.2 Å². The van der Waals surface area contributed by atoms with Gasteiger partial charge in [-0.15, -0.1) is 0 Å². The topological polar surface area (TPSA) is 290 Å². The number of rotatable bonds is 14. The van der Waals surface area contributed by atoms with Crippen molar-refractivity contribution in [3.05, 3.63) is 71.9 Å². The first-order valence-electron chi connectivity index (χ1n) is 23.1. The summed E-state index contributed by atoms with van der Waals surface area (Å²) in [4.78, 5) is 90.7. The lowest BCUT2D eigenvalue weighted by atomic mass is 9.84. The summed E-state index contributed by atoms with van der Waals surface area (Å²) in [5.41, 5.74) is 7.77. The molecule has 6 atom stereocenters. The van der Waals surface area contributed by atoms with Crippen molar-refractivity contribution in [1.82, 2.24) is 46.5 Å². The molecule has 66 heavy (non-hydrogen) atoms. The lowest BCUT2D eigenvalue weighted by molar-refractivity contribution is -0.142. The van der Waals surface area contributed by atoms with Crippen LogP contribution in [0.25, 0.3) is 10.9 Å². The van der Waals surface area contributed by atoms with E-state index in [0.29, 0.717) is 31.2 Å². The van der Waals surface area contributed by atoms with E-state index in [0.717, 1.165) is 54.8 Å². The van der Waals surface area contributed by atoms with E-state index in [1.807, 2.05) is 24.3 Å². The van der Waals surface area contributed by atoms with Crippen molar-refractivity contribution in [2.75, 3.05) is 25.9 Å². The van der Waals surface area contributed by atoms with Crippen molar-refractivity contribution in [1.29, 1.82) is 5.41 Å². The smallest absolute Gasteiger partial charge is 0.245 e. The third kappa shape index (κ3) is 14.2. The van der Waals surface area contributed by atoms with E-state index in [1.165, 1.54) is 4.90 Å². The summed E-state index contributed by atoms with van der Waals surface area (Å²) in [7, 11) is -3.88. The molecule has 20 heteroatoms. The third-order valence-corrected chi connectivity index (χ3v) is 13.4. The highest BCUT2D eigenvalue weighted by molar-refractivity contribution is 7.88. The number of H-pyrrole nitrogens is 1. The predicted molar refractivity (Wildman–Crippen MR) is 249 cm³/mol. The van der Waals surface area contributed by atoms with Gasteiger partial charge in [0.2, 0.25) is 45.5 Å². The number of carbonyl (C=O) groups is 6. The van der Waals surface area contributed by atoms with Gasteiger partial charge in [0.25, 0.3) is 0 Å². The first-order valence-corrected chi connectivity index (χ1v) is 25.0. The highest BCUT2D eigenvalue weighted by atomic mass is 32.2. The first kappa shape index (κ1) is 49.4. The second-order valence-corrected chi connectivity index (χ2v) is 19.6. The number of nitrogens with two attached hydrogens (primary N) is 1. The maximum Gasteiger partial charge on any atom is 0.245 e. The van der Waals surface area contributed by atoms with Gasteiger partial charge in [0.05, 0.1) is 6.26 Å². The highest BCUT2D eigenvalue weighted by Crippen LogP contribution is 2.28. The Bertz CT molecular complexity index is 2300. The molecular formula is C46H65N11O8S. The number of aromatic nitrogens is 1. The van der Waals surface area contributed by atoms with Crippen molar-refractivity contribution in [3.8, 4) is 0 Å². The standard InChI is InChI=1S/C46H65N11O8S/c1-66(64,65)56-38(26-30-15-6-3-7-16-30)43(61)53-35-20-11-22-49-40(58)34(19-10-23-50-46(47)48)52-42(60)37(27-31-28-51-33-18-9-8-17-32(31)33)54-41(59)36(25-29-13-4-2-5-14-29)55-44(62)39-21-12-24-57(39)45(35)63/h3,6-9,15-18,28-29,34-39,51,56H,2,4-5,10-14,19-27H2,1H3,(H,49,58)(H,52,60)(H,53,61)(H,54,59)(H,55,62)(H4,47,48,50)/t34-,35-,36+,37-,38-,39-/m0/s1. The van der Waals surface area contributed by atoms with Crippen molar-refractivity contribution in [2.45, 2.75) is 126 Å². The molecule has 358 valence electrons. The Morgan fingerprint density at radius 1 is 0.833 bits per heavy atom. The lowest BCUT2D eigenvalue weighted by Crippen LogP contribution is -2.60. The van der Waals surface area contributed by atoms with Gasteiger partial charge in [0.1, 0.15) is 36.3 Å². The number of hydrogen-bond donors (Lipinski definition) is 10. The van der Waals surface area contributed by atoms with Crippen molar-refractivity contribution >= 4 is 62.3 Å². The minimum atomic E-state index is -3.88. The van der Waals surface area contributed by atoms with Crippen LogP contribution < -0.4 is 42.4 Å². The molecule has 2 aromatic carbocycles. The zero-order valence-electron chi connectivity index (χ0n) is 37.5. The van der Waals surface area contributed by atoms with Gasteiger partial charge < -0.3 is 47.5 Å². The van der Waals surface area contributed by atoms with E-state index in [-0.39, 0.29) is 63.6 Å². The van der Waals surface area contributed by atoms with Crippen LogP contribution in [0, 0.1) is 11.3 Å². The van der Waals surface area contributed by atoms with Crippen LogP contribution in [0.5, 0.6) is 0 Å². The Morgan fingerprint density at radius 2 is 1.53 bits per heavy atom. The fraction of sp³-hybridized carbons (Fsp3) is 0.543. The number of sulfonamides is 1. The van der Waals surface area contributed by atoms with E-state index >= 15 is 0 Å². The fourth-order valence-corrected chi connectivity index (χ4v) is 10.0. The van der Waals surface area contributed by atoms with Gasteiger partial charge >= 0.3 is 0 Å². The summed E-state index contributed by atoms with van der Waals surface area (Å²) in [6, 6.07) is 9.60. The largest absolute Gasteiger partial charge is 0.370 e. The monoisotopic (exact) mass is 931 g/mol. The van der Waals surface area contributed by atoms with Crippen LogP contribution in [0.1, 0.15) is 88.2 Å². The van der Waals surface area contributed by atoms with Crippen molar-refractivity contribution in [2.24, 2.45) is 11.7 Å². The van der Waals surface area contributed by atoms with Crippen LogP contribution in [-0.4, -0.2) is 122 Å². The normalized spacial score (nSPS) is 23.6. The van der Waals surface area contributed by atoms with E-state index in [2.05, 4.69) is 41.6 Å². The Morgan fingerprint density at radius 3 is 2.27 bits per heavy atom. The second kappa shape index (κ2) is 23.4. The number of carbonyl (C=O) groups excluding carboxylic acids is 6. The van der Waals surface area contributed by atoms with Crippen molar-refractivity contribution < 1.29 is 37.2 Å². The molecule has 0 unspecified atom stereocenters. The van der Waals surface area contributed by atoms with Gasteiger partial charge in [-0.25, -0.2) is 13.1 Å². The van der Waals surface area contributed by atoms with E-state index in [4.69, 9.17) is 11.1 Å². The number of amides is 6. The van der Waals surface area contributed by atoms with Gasteiger partial charge in [-0.1, -0.05) is 80.6 Å². The Kier molecular flexibility index (Phi) is 17.5. The summed E-state index contributed by atoms with van der Waals surface area (Å²) < 4.78 is 27.3. The summed E-state index contributed by atoms with van der Waals surface area (Å²) in [5, 5.41) is 25.5. The predicted octanol–water partition coefficient (Wildman–Crippen LogP) is 0.945. The Balaban J connectivity index is 1.31. The van der Waals surface area contributed by atoms with Crippen LogP contribution in [0.15, 0.2) is 60.8 Å². The molecule has 19 nitrogen and oxygen atoms in total. The molecule has 0 radical (unpaired) electrons. The molecule has 1 saturated carbocycles. The molecule has 1 aromatic heterocycles. The first-order chi connectivity index (χ1) is 31.6. The number of hydrogen-bond acceptors (Lipinski definition) is 9. The SMILES string of the molecule is CS(=O)(=O)N[C@@H](Cc1ccccc1)C(=O)N[C@H]1CCCNC(=O)[C@H](CCCNC(=N)N)NC(=O)[C@H](Cc2c[nH]c3ccccc23)NC(=O)[C@@H](CC2CCCCC2)NC(=O)[C@@H]2CCCN2C1=O. The van der Waals surface area contributed by atoms with Crippen LogP contribution in [-0.2, 0) is 51.6 Å². The second-order valence-electron chi connectivity index (χ2n) is 17.8. The van der Waals surface area contributed by atoms with Crippen LogP contribution >= 0.6 is 0 Å². The summed E-state index contributed by atoms with van der Waals surface area (Å²) >= 11 is 0. The Labute approximate surface area is 385 Å². The third-order valence-electron chi connectivity index (χ3n) is 12.7. The van der Waals surface area contributed by atoms with Crippen LogP contribution in [0.4, 0.5) is 0 Å². The highest BCUT2D eigenvalue weighted by Gasteiger charge is 2.41. The van der Waals surface area contributed by atoms with E-state index < -0.39 is 81.7 Å².